The van der Waals surface area contributed by atoms with Crippen molar-refractivity contribution >= 4 is 35.1 Å². The molecule has 25 heavy (non-hydrogen) atoms. The largest absolute Gasteiger partial charge is 0.478 e. The molecule has 3 aliphatic rings. The fourth-order valence-electron chi connectivity index (χ4n) is 4.50. The highest BCUT2D eigenvalue weighted by atomic mass is 35.5. The number of rotatable bonds is 2. The molecule has 1 heterocycles. The van der Waals surface area contributed by atoms with Crippen LogP contribution in [0.3, 0.4) is 0 Å². The lowest BCUT2D eigenvalue weighted by Crippen LogP contribution is -2.33. The van der Waals surface area contributed by atoms with Gasteiger partial charge in [0, 0.05) is 11.8 Å². The molecule has 1 saturated carbocycles. The molecule has 2 fully saturated rings. The zero-order chi connectivity index (χ0) is 18.0. The van der Waals surface area contributed by atoms with E-state index in [0.29, 0.717) is 0 Å². The second-order valence-electron chi connectivity index (χ2n) is 6.92. The number of halogens is 1. The zero-order valence-corrected chi connectivity index (χ0v) is 14.4. The van der Waals surface area contributed by atoms with Crippen LogP contribution in [0.25, 0.3) is 0 Å². The zero-order valence-electron chi connectivity index (χ0n) is 13.7. The highest BCUT2D eigenvalue weighted by Gasteiger charge is 2.61. The number of nitrogens with zero attached hydrogens (tertiary/aromatic N) is 1. The number of aromatic carboxylic acids is 1. The van der Waals surface area contributed by atoms with E-state index >= 15 is 0 Å². The molecule has 2 amide bonds. The summed E-state index contributed by atoms with van der Waals surface area (Å²) in [6.07, 6.45) is 4.04. The standard InChI is InChI=1S/C19H16ClNO4/c1-8(2)14-10-4-5-11(14)16-15(10)17(22)21(18(16)23)9-3-6-13(20)12(7-9)19(24)25/h3-7,10-11,15-16H,1-2H3,(H,24,25)/t10-,11+,15-,16-/m0/s1. The second-order valence-corrected chi connectivity index (χ2v) is 7.33. The molecular formula is C19H16ClNO4. The Hall–Kier alpha value is -2.40. The van der Waals surface area contributed by atoms with Gasteiger partial charge in [-0.3, -0.25) is 9.59 Å². The topological polar surface area (TPSA) is 74.7 Å². The maximum Gasteiger partial charge on any atom is 0.337 e. The fourth-order valence-corrected chi connectivity index (χ4v) is 4.70. The van der Waals surface area contributed by atoms with E-state index in [-0.39, 0.29) is 39.9 Å². The van der Waals surface area contributed by atoms with Crippen molar-refractivity contribution in [3.8, 4) is 0 Å². The molecule has 0 unspecified atom stereocenters. The number of fused-ring (bicyclic) bond motifs is 5. The van der Waals surface area contributed by atoms with Crippen molar-refractivity contribution in [1.82, 2.24) is 0 Å². The molecule has 128 valence electrons. The first kappa shape index (κ1) is 16.1. The van der Waals surface area contributed by atoms with Gasteiger partial charge in [-0.1, -0.05) is 34.9 Å². The Bertz CT molecular complexity index is 863. The van der Waals surface area contributed by atoms with Crippen molar-refractivity contribution in [2.45, 2.75) is 13.8 Å². The van der Waals surface area contributed by atoms with Gasteiger partial charge in [-0.15, -0.1) is 0 Å². The van der Waals surface area contributed by atoms with Crippen molar-refractivity contribution in [1.29, 1.82) is 0 Å². The molecule has 2 aliphatic carbocycles. The molecule has 1 saturated heterocycles. The van der Waals surface area contributed by atoms with Crippen molar-refractivity contribution in [3.63, 3.8) is 0 Å². The van der Waals surface area contributed by atoms with Gasteiger partial charge < -0.3 is 5.11 Å². The predicted molar refractivity (Wildman–Crippen MR) is 92.4 cm³/mol. The molecule has 1 aromatic carbocycles. The van der Waals surface area contributed by atoms with Crippen LogP contribution in [0.15, 0.2) is 41.5 Å². The molecule has 1 N–H and O–H groups in total. The van der Waals surface area contributed by atoms with Gasteiger partial charge in [-0.25, -0.2) is 9.69 Å². The summed E-state index contributed by atoms with van der Waals surface area (Å²) in [6.45, 7) is 4.02. The van der Waals surface area contributed by atoms with E-state index in [2.05, 4.69) is 0 Å². The van der Waals surface area contributed by atoms with Crippen LogP contribution in [0.1, 0.15) is 24.2 Å². The van der Waals surface area contributed by atoms with Gasteiger partial charge in [0.2, 0.25) is 11.8 Å². The molecule has 0 spiro atoms. The predicted octanol–water partition coefficient (Wildman–Crippen LogP) is 3.30. The SMILES string of the molecule is CC(C)=C1[C@H]2C=C[C@@H]1[C@@H]1C(=O)N(c3ccc(Cl)c(C(=O)O)c3)C(=O)[C@H]12. The molecule has 6 heteroatoms. The summed E-state index contributed by atoms with van der Waals surface area (Å²) in [4.78, 5) is 38.4. The smallest absolute Gasteiger partial charge is 0.337 e. The number of amides is 2. The molecule has 4 atom stereocenters. The normalized spacial score (nSPS) is 29.6. The lowest BCUT2D eigenvalue weighted by Gasteiger charge is -2.19. The maximum absolute atomic E-state index is 13.0. The van der Waals surface area contributed by atoms with Crippen molar-refractivity contribution in [2.24, 2.45) is 23.7 Å². The first-order valence-corrected chi connectivity index (χ1v) is 8.47. The number of hydrogen-bond donors (Lipinski definition) is 1. The summed E-state index contributed by atoms with van der Waals surface area (Å²) in [6, 6.07) is 4.21. The number of carboxylic acids is 1. The third kappa shape index (κ3) is 2.05. The monoisotopic (exact) mass is 357 g/mol. The number of carbonyl (C=O) groups excluding carboxylic acids is 2. The first-order valence-electron chi connectivity index (χ1n) is 8.09. The minimum absolute atomic E-state index is 0.0345. The number of allylic oxidation sites excluding steroid dienone is 4. The van der Waals surface area contributed by atoms with Crippen molar-refractivity contribution in [3.05, 3.63) is 52.1 Å². The van der Waals surface area contributed by atoms with Crippen molar-refractivity contribution in [2.75, 3.05) is 4.90 Å². The van der Waals surface area contributed by atoms with Crippen LogP contribution >= 0.6 is 11.6 Å². The van der Waals surface area contributed by atoms with Gasteiger partial charge in [-0.05, 0) is 32.0 Å². The van der Waals surface area contributed by atoms with Gasteiger partial charge in [-0.2, -0.15) is 0 Å². The Balaban J connectivity index is 1.76. The van der Waals surface area contributed by atoms with Crippen LogP contribution in [0.5, 0.6) is 0 Å². The number of hydrogen-bond acceptors (Lipinski definition) is 3. The number of anilines is 1. The minimum Gasteiger partial charge on any atom is -0.478 e. The number of carbonyl (C=O) groups is 3. The van der Waals surface area contributed by atoms with E-state index in [1.165, 1.54) is 23.8 Å². The molecule has 1 aliphatic heterocycles. The summed E-state index contributed by atoms with van der Waals surface area (Å²) in [5, 5.41) is 9.30. The first-order chi connectivity index (χ1) is 11.8. The van der Waals surface area contributed by atoms with E-state index < -0.39 is 17.8 Å². The van der Waals surface area contributed by atoms with E-state index in [1.54, 1.807) is 0 Å². The number of benzene rings is 1. The Morgan fingerprint density at radius 1 is 1.08 bits per heavy atom. The number of carboxylic acid groups (broad SMARTS) is 1. The van der Waals surface area contributed by atoms with E-state index in [4.69, 9.17) is 11.6 Å². The van der Waals surface area contributed by atoms with Crippen molar-refractivity contribution < 1.29 is 19.5 Å². The van der Waals surface area contributed by atoms with Gasteiger partial charge in [0.15, 0.2) is 0 Å². The summed E-state index contributed by atoms with van der Waals surface area (Å²) in [7, 11) is 0. The third-order valence-corrected chi connectivity index (χ3v) is 5.76. The molecule has 5 nitrogen and oxygen atoms in total. The molecular weight excluding hydrogens is 342 g/mol. The van der Waals surface area contributed by atoms with Crippen LogP contribution in [0.2, 0.25) is 5.02 Å². The fraction of sp³-hybridized carbons (Fsp3) is 0.316. The van der Waals surface area contributed by atoms with Crippen LogP contribution < -0.4 is 4.90 Å². The average molecular weight is 358 g/mol. The quantitative estimate of drug-likeness (QED) is 0.651. The van der Waals surface area contributed by atoms with E-state index in [1.807, 2.05) is 26.0 Å². The summed E-state index contributed by atoms with van der Waals surface area (Å²) >= 11 is 5.89. The summed E-state index contributed by atoms with van der Waals surface area (Å²) in [5.74, 6) is -2.57. The van der Waals surface area contributed by atoms with Crippen LogP contribution in [-0.4, -0.2) is 22.9 Å². The lowest BCUT2D eigenvalue weighted by molar-refractivity contribution is -0.122. The van der Waals surface area contributed by atoms with Gasteiger partial charge in [0.05, 0.1) is 28.1 Å². The van der Waals surface area contributed by atoms with Gasteiger partial charge >= 0.3 is 5.97 Å². The van der Waals surface area contributed by atoms with Gasteiger partial charge in [0.25, 0.3) is 0 Å². The van der Waals surface area contributed by atoms with Crippen LogP contribution in [0.4, 0.5) is 5.69 Å². The highest BCUT2D eigenvalue weighted by molar-refractivity contribution is 6.34. The minimum atomic E-state index is -1.19. The summed E-state index contributed by atoms with van der Waals surface area (Å²) in [5.41, 5.74) is 2.48. The molecule has 4 rings (SSSR count). The van der Waals surface area contributed by atoms with E-state index in [0.717, 1.165) is 10.5 Å². The lowest BCUT2D eigenvalue weighted by atomic mass is 9.85. The molecule has 0 aromatic heterocycles. The third-order valence-electron chi connectivity index (χ3n) is 5.43. The maximum atomic E-state index is 13.0. The molecule has 0 radical (unpaired) electrons. The van der Waals surface area contributed by atoms with Crippen LogP contribution in [-0.2, 0) is 9.59 Å². The highest BCUT2D eigenvalue weighted by Crippen LogP contribution is 2.57. The Morgan fingerprint density at radius 3 is 2.12 bits per heavy atom. The molecule has 1 aromatic rings. The molecule has 2 bridgehead atoms. The van der Waals surface area contributed by atoms with Gasteiger partial charge in [0.1, 0.15) is 0 Å². The Labute approximate surface area is 149 Å². The summed E-state index contributed by atoms with van der Waals surface area (Å²) < 4.78 is 0. The Morgan fingerprint density at radius 2 is 1.64 bits per heavy atom. The average Bonchev–Trinajstić information content (AvgIpc) is 3.18. The van der Waals surface area contributed by atoms with E-state index in [9.17, 15) is 19.5 Å². The Kier molecular flexibility index (Phi) is 3.41. The number of imide groups is 1. The second kappa shape index (κ2) is 5.30. The van der Waals surface area contributed by atoms with Crippen LogP contribution in [0, 0.1) is 23.7 Å².